The molecule has 4 heterocycles. The number of halogens is 2. The van der Waals surface area contributed by atoms with Crippen LogP contribution in [0.5, 0.6) is 11.5 Å². The van der Waals surface area contributed by atoms with Crippen LogP contribution in [-0.2, 0) is 7.05 Å². The largest absolute Gasteiger partial charge is 0.485 e. The van der Waals surface area contributed by atoms with Crippen LogP contribution in [0, 0.1) is 11.3 Å². The number of benzene rings is 1. The van der Waals surface area contributed by atoms with Gasteiger partial charge in [-0.1, -0.05) is 0 Å². The first-order valence-corrected chi connectivity index (χ1v) is 11.5. The number of hydrogen-bond donors (Lipinski definition) is 3. The van der Waals surface area contributed by atoms with Gasteiger partial charge in [-0.05, 0) is 18.6 Å². The van der Waals surface area contributed by atoms with Crippen LogP contribution in [-0.4, -0.2) is 49.9 Å². The molecular weight excluding hydrogens is 470 g/mol. The molecule has 1 saturated carbocycles. The maximum Gasteiger partial charge on any atom is 0.250 e. The number of aromatic nitrogens is 5. The zero-order chi connectivity index (χ0) is 24.9. The molecule has 2 aliphatic rings. The lowest BCUT2D eigenvalue weighted by Crippen LogP contribution is -2.20. The zero-order valence-electron chi connectivity index (χ0n) is 19.3. The number of alkyl halides is 2. The topological polar surface area (TPSA) is 126 Å². The van der Waals surface area contributed by atoms with Crippen molar-refractivity contribution < 1.29 is 18.3 Å². The van der Waals surface area contributed by atoms with Crippen LogP contribution in [0.2, 0.25) is 0 Å². The normalized spacial score (nSPS) is 18.2. The average Bonchev–Trinajstić information content (AvgIpc) is 3.57. The summed E-state index contributed by atoms with van der Waals surface area (Å²) in [6, 6.07) is 5.37. The summed E-state index contributed by atoms with van der Waals surface area (Å²) in [6.07, 6.45) is 5.00. The van der Waals surface area contributed by atoms with Gasteiger partial charge in [0.15, 0.2) is 11.5 Å². The lowest BCUT2D eigenvalue weighted by molar-refractivity contribution is 0.00852. The third-order valence-electron chi connectivity index (χ3n) is 6.35. The van der Waals surface area contributed by atoms with Crippen molar-refractivity contribution in [1.82, 2.24) is 24.7 Å². The summed E-state index contributed by atoms with van der Waals surface area (Å²) in [5.41, 5.74) is 3.06. The third kappa shape index (κ3) is 3.92. The molecule has 0 bridgehead atoms. The molecule has 184 valence electrons. The van der Waals surface area contributed by atoms with Crippen LogP contribution in [0.3, 0.4) is 0 Å². The predicted octanol–water partition coefficient (Wildman–Crippen LogP) is 4.34. The highest BCUT2D eigenvalue weighted by molar-refractivity contribution is 5.94. The Morgan fingerprint density at radius 3 is 2.78 bits per heavy atom. The zero-order valence-corrected chi connectivity index (χ0v) is 19.3. The Morgan fingerprint density at radius 1 is 1.22 bits per heavy atom. The second-order valence-electron chi connectivity index (χ2n) is 8.92. The van der Waals surface area contributed by atoms with Crippen molar-refractivity contribution in [2.75, 3.05) is 23.8 Å². The van der Waals surface area contributed by atoms with E-state index in [9.17, 15) is 14.0 Å². The minimum absolute atomic E-state index is 0.186. The molecule has 3 aromatic heterocycles. The van der Waals surface area contributed by atoms with E-state index >= 15 is 0 Å². The number of ether oxygens (including phenoxy) is 2. The number of nitrogens with zero attached hydrogens (tertiary/aromatic N) is 5. The second-order valence-corrected chi connectivity index (χ2v) is 8.92. The molecule has 1 aliphatic carbocycles. The van der Waals surface area contributed by atoms with Crippen LogP contribution in [0.15, 0.2) is 30.7 Å². The summed E-state index contributed by atoms with van der Waals surface area (Å²) >= 11 is 0. The van der Waals surface area contributed by atoms with Gasteiger partial charge in [-0.3, -0.25) is 4.68 Å². The fourth-order valence-corrected chi connectivity index (χ4v) is 4.69. The molecule has 1 atom stereocenters. The van der Waals surface area contributed by atoms with Gasteiger partial charge >= 0.3 is 0 Å². The van der Waals surface area contributed by atoms with Gasteiger partial charge < -0.3 is 25.1 Å². The smallest absolute Gasteiger partial charge is 0.250 e. The standard InChI is InChI=1S/C24H22F2N8O2/c1-34-12-14(11-29-34)16-2-3-17(20-19(16)35-6-7-36-20)31-23-32-21-18(13(9-27)10-28-21)22(33-23)30-15-4-5-24(25,26)8-15/h2-3,10-12,15H,4-8H2,1H3,(H3,28,30,31,32,33). The van der Waals surface area contributed by atoms with Gasteiger partial charge in [-0.15, -0.1) is 0 Å². The Morgan fingerprint density at radius 2 is 2.06 bits per heavy atom. The van der Waals surface area contributed by atoms with Gasteiger partial charge in [0.25, 0.3) is 0 Å². The number of nitriles is 1. The van der Waals surface area contributed by atoms with E-state index < -0.39 is 12.0 Å². The molecule has 0 spiro atoms. The van der Waals surface area contributed by atoms with Crippen molar-refractivity contribution in [1.29, 1.82) is 5.26 Å². The van der Waals surface area contributed by atoms with Gasteiger partial charge in [0.05, 0.1) is 22.8 Å². The van der Waals surface area contributed by atoms with Crippen molar-refractivity contribution in [3.05, 3.63) is 36.3 Å². The number of aryl methyl sites for hydroxylation is 1. The quantitative estimate of drug-likeness (QED) is 0.376. The number of fused-ring (bicyclic) bond motifs is 2. The summed E-state index contributed by atoms with van der Waals surface area (Å²) < 4.78 is 41.2. The van der Waals surface area contributed by atoms with Crippen molar-refractivity contribution in [2.24, 2.45) is 7.05 Å². The number of hydrogen-bond acceptors (Lipinski definition) is 8. The Kier molecular flexibility index (Phi) is 5.13. The Bertz CT molecular complexity index is 1510. The first-order chi connectivity index (χ1) is 17.4. The number of H-pyrrole nitrogens is 1. The van der Waals surface area contributed by atoms with Crippen molar-refractivity contribution in [3.8, 4) is 28.7 Å². The van der Waals surface area contributed by atoms with E-state index in [1.807, 2.05) is 25.4 Å². The third-order valence-corrected chi connectivity index (χ3v) is 6.35. The minimum Gasteiger partial charge on any atom is -0.485 e. The number of anilines is 3. The van der Waals surface area contributed by atoms with E-state index in [4.69, 9.17) is 9.47 Å². The van der Waals surface area contributed by atoms with Crippen LogP contribution in [0.4, 0.5) is 26.2 Å². The fraction of sp³-hybridized carbons (Fsp3) is 0.333. The predicted molar refractivity (Wildman–Crippen MR) is 128 cm³/mol. The molecule has 1 aromatic carbocycles. The van der Waals surface area contributed by atoms with Crippen LogP contribution >= 0.6 is 0 Å². The van der Waals surface area contributed by atoms with Crippen molar-refractivity contribution in [3.63, 3.8) is 0 Å². The Hall–Kier alpha value is -4.40. The summed E-state index contributed by atoms with van der Waals surface area (Å²) in [5, 5.41) is 20.5. The number of nitrogens with one attached hydrogen (secondary N) is 3. The number of rotatable bonds is 5. The lowest BCUT2D eigenvalue weighted by Gasteiger charge is -2.23. The molecule has 12 heteroatoms. The first-order valence-electron chi connectivity index (χ1n) is 11.5. The Balaban J connectivity index is 1.38. The summed E-state index contributed by atoms with van der Waals surface area (Å²) in [5.74, 6) is -1.08. The Labute approximate surface area is 204 Å². The molecule has 10 nitrogen and oxygen atoms in total. The molecule has 1 aliphatic heterocycles. The summed E-state index contributed by atoms with van der Waals surface area (Å²) in [6.45, 7) is 0.786. The molecule has 0 amide bonds. The maximum atomic E-state index is 13.8. The van der Waals surface area contributed by atoms with Crippen LogP contribution in [0.25, 0.3) is 22.2 Å². The van der Waals surface area contributed by atoms with E-state index in [0.717, 1.165) is 11.1 Å². The molecule has 6 rings (SSSR count). The highest BCUT2D eigenvalue weighted by Crippen LogP contribution is 2.45. The highest BCUT2D eigenvalue weighted by Gasteiger charge is 2.39. The van der Waals surface area contributed by atoms with E-state index in [-0.39, 0.29) is 18.8 Å². The monoisotopic (exact) mass is 492 g/mol. The molecular formula is C24H22F2N8O2. The minimum atomic E-state index is -2.71. The van der Waals surface area contributed by atoms with Crippen LogP contribution < -0.4 is 20.1 Å². The van der Waals surface area contributed by atoms with Gasteiger partial charge in [0, 0.05) is 49.5 Å². The fourth-order valence-electron chi connectivity index (χ4n) is 4.69. The van der Waals surface area contributed by atoms with Crippen LogP contribution in [0.1, 0.15) is 24.8 Å². The maximum absolute atomic E-state index is 13.8. The van der Waals surface area contributed by atoms with E-state index in [2.05, 4.69) is 36.8 Å². The van der Waals surface area contributed by atoms with E-state index in [1.54, 1.807) is 10.9 Å². The van der Waals surface area contributed by atoms with Crippen molar-refractivity contribution in [2.45, 2.75) is 31.2 Å². The highest BCUT2D eigenvalue weighted by atomic mass is 19.3. The van der Waals surface area contributed by atoms with Crippen molar-refractivity contribution >= 4 is 28.5 Å². The number of aromatic amines is 1. The van der Waals surface area contributed by atoms with Gasteiger partial charge in [-0.2, -0.15) is 20.3 Å². The molecule has 1 fully saturated rings. The molecule has 4 aromatic rings. The lowest BCUT2D eigenvalue weighted by atomic mass is 10.1. The first kappa shape index (κ1) is 22.1. The average molecular weight is 492 g/mol. The SMILES string of the molecule is Cn1cc(-c2ccc(Nc3nc(NC4CCC(F)(F)C4)c4c(C#N)c[nH]c4n3)c3c2OCCO3)cn1. The van der Waals surface area contributed by atoms with Gasteiger partial charge in [-0.25, -0.2) is 8.78 Å². The molecule has 3 N–H and O–H groups in total. The van der Waals surface area contributed by atoms with E-state index in [1.165, 1.54) is 6.20 Å². The molecule has 0 saturated heterocycles. The summed E-state index contributed by atoms with van der Waals surface area (Å²) in [7, 11) is 1.84. The van der Waals surface area contributed by atoms with E-state index in [0.29, 0.717) is 59.2 Å². The molecule has 0 radical (unpaired) electrons. The second kappa shape index (κ2) is 8.37. The van der Waals surface area contributed by atoms with Gasteiger partial charge in [0.2, 0.25) is 11.9 Å². The molecule has 1 unspecified atom stereocenters. The van der Waals surface area contributed by atoms with Gasteiger partial charge in [0.1, 0.15) is 30.7 Å². The summed E-state index contributed by atoms with van der Waals surface area (Å²) in [4.78, 5) is 12.0. The molecule has 36 heavy (non-hydrogen) atoms.